The van der Waals surface area contributed by atoms with E-state index in [9.17, 15) is 9.59 Å². The van der Waals surface area contributed by atoms with Gasteiger partial charge in [-0.25, -0.2) is 9.59 Å². The van der Waals surface area contributed by atoms with Crippen molar-refractivity contribution in [2.24, 2.45) is 0 Å². The van der Waals surface area contributed by atoms with Crippen molar-refractivity contribution in [3.63, 3.8) is 0 Å². The summed E-state index contributed by atoms with van der Waals surface area (Å²) in [5, 5.41) is 12.4. The van der Waals surface area contributed by atoms with Crippen molar-refractivity contribution < 1.29 is 14.3 Å². The van der Waals surface area contributed by atoms with Crippen LogP contribution in [0.2, 0.25) is 0 Å². The van der Waals surface area contributed by atoms with E-state index < -0.39 is 11.6 Å². The number of carboxylic acids is 1. The first-order chi connectivity index (χ1) is 9.61. The van der Waals surface area contributed by atoms with Crippen molar-refractivity contribution >= 4 is 16.9 Å². The number of carbonyl (C=O) groups is 1. The van der Waals surface area contributed by atoms with E-state index in [0.717, 1.165) is 18.5 Å². The van der Waals surface area contributed by atoms with Gasteiger partial charge in [0.25, 0.3) is 0 Å². The van der Waals surface area contributed by atoms with E-state index in [-0.39, 0.29) is 5.56 Å². The molecule has 5 nitrogen and oxygen atoms in total. The minimum atomic E-state index is -1.30. The SMILES string of the molecule is CNCCC#Cc1ccc2oc(=O)c(C(=O)O)cc2c1. The lowest BCUT2D eigenvalue weighted by molar-refractivity contribution is 0.0692. The highest BCUT2D eigenvalue weighted by Crippen LogP contribution is 2.15. The molecule has 5 heteroatoms. The summed E-state index contributed by atoms with van der Waals surface area (Å²) in [6.45, 7) is 0.804. The zero-order valence-corrected chi connectivity index (χ0v) is 10.9. The molecule has 2 aromatic rings. The molecule has 0 aliphatic rings. The molecule has 1 aromatic carbocycles. The molecule has 20 heavy (non-hydrogen) atoms. The lowest BCUT2D eigenvalue weighted by Gasteiger charge is -1.99. The maximum absolute atomic E-state index is 11.4. The van der Waals surface area contributed by atoms with E-state index in [1.54, 1.807) is 18.2 Å². The second-order valence-electron chi connectivity index (χ2n) is 4.16. The van der Waals surface area contributed by atoms with Crippen LogP contribution >= 0.6 is 0 Å². The van der Waals surface area contributed by atoms with Crippen LogP contribution in [-0.4, -0.2) is 24.7 Å². The molecule has 0 amide bonds. The smallest absolute Gasteiger partial charge is 0.351 e. The van der Waals surface area contributed by atoms with Crippen LogP contribution in [0.3, 0.4) is 0 Å². The van der Waals surface area contributed by atoms with Crippen molar-refractivity contribution in [3.8, 4) is 11.8 Å². The first-order valence-electron chi connectivity index (χ1n) is 6.06. The van der Waals surface area contributed by atoms with Crippen LogP contribution in [0.25, 0.3) is 11.0 Å². The molecule has 0 spiro atoms. The largest absolute Gasteiger partial charge is 0.477 e. The summed E-state index contributed by atoms with van der Waals surface area (Å²) in [5.74, 6) is 4.67. The van der Waals surface area contributed by atoms with Gasteiger partial charge in [0.2, 0.25) is 0 Å². The first-order valence-corrected chi connectivity index (χ1v) is 6.06. The molecule has 2 rings (SSSR count). The Morgan fingerprint density at radius 1 is 1.40 bits per heavy atom. The number of nitrogens with one attached hydrogen (secondary N) is 1. The molecular formula is C15H13NO4. The highest BCUT2D eigenvalue weighted by Gasteiger charge is 2.11. The van der Waals surface area contributed by atoms with Crippen LogP contribution in [0.5, 0.6) is 0 Å². The number of rotatable bonds is 3. The Bertz CT molecular complexity index is 765. The number of carboxylic acid groups (broad SMARTS) is 1. The first kappa shape index (κ1) is 13.8. The number of hydrogen-bond acceptors (Lipinski definition) is 4. The van der Waals surface area contributed by atoms with Gasteiger partial charge in [-0.1, -0.05) is 11.8 Å². The molecule has 0 saturated heterocycles. The Morgan fingerprint density at radius 3 is 2.90 bits per heavy atom. The lowest BCUT2D eigenvalue weighted by atomic mass is 10.1. The second-order valence-corrected chi connectivity index (χ2v) is 4.16. The third-order valence-electron chi connectivity index (χ3n) is 2.70. The van der Waals surface area contributed by atoms with Gasteiger partial charge < -0.3 is 14.8 Å². The monoisotopic (exact) mass is 271 g/mol. The molecule has 2 N–H and O–H groups in total. The fourth-order valence-electron chi connectivity index (χ4n) is 1.70. The van der Waals surface area contributed by atoms with Crippen molar-refractivity contribution in [3.05, 3.63) is 45.8 Å². The summed E-state index contributed by atoms with van der Waals surface area (Å²) < 4.78 is 4.96. The molecular weight excluding hydrogens is 258 g/mol. The van der Waals surface area contributed by atoms with Crippen molar-refractivity contribution in [2.75, 3.05) is 13.6 Å². The molecule has 0 aliphatic carbocycles. The van der Waals surface area contributed by atoms with Crippen LogP contribution in [0.15, 0.2) is 33.5 Å². The average molecular weight is 271 g/mol. The van der Waals surface area contributed by atoms with Gasteiger partial charge in [0, 0.05) is 23.9 Å². The zero-order chi connectivity index (χ0) is 14.5. The molecule has 0 radical (unpaired) electrons. The Labute approximate surface area is 115 Å². The molecule has 102 valence electrons. The van der Waals surface area contributed by atoms with Gasteiger partial charge in [-0.05, 0) is 31.3 Å². The summed E-state index contributed by atoms with van der Waals surface area (Å²) in [7, 11) is 1.85. The predicted octanol–water partition coefficient (Wildman–Crippen LogP) is 1.45. The summed E-state index contributed by atoms with van der Waals surface area (Å²) in [5.41, 5.74) is -0.129. The zero-order valence-electron chi connectivity index (χ0n) is 10.9. The molecule has 0 atom stereocenters. The quantitative estimate of drug-likeness (QED) is 0.502. The van der Waals surface area contributed by atoms with E-state index in [2.05, 4.69) is 17.2 Å². The van der Waals surface area contributed by atoms with E-state index in [1.165, 1.54) is 6.07 Å². The van der Waals surface area contributed by atoms with Crippen LogP contribution in [-0.2, 0) is 0 Å². The maximum atomic E-state index is 11.4. The molecule has 1 heterocycles. The molecule has 0 aliphatic heterocycles. The minimum absolute atomic E-state index is 0.348. The maximum Gasteiger partial charge on any atom is 0.351 e. The summed E-state index contributed by atoms with van der Waals surface area (Å²) in [6.07, 6.45) is 0.721. The number of hydrogen-bond donors (Lipinski definition) is 2. The van der Waals surface area contributed by atoms with Gasteiger partial charge in [0.05, 0.1) is 0 Å². The van der Waals surface area contributed by atoms with Crippen molar-refractivity contribution in [2.45, 2.75) is 6.42 Å². The summed E-state index contributed by atoms with van der Waals surface area (Å²) in [6, 6.07) is 6.36. The van der Waals surface area contributed by atoms with Crippen molar-refractivity contribution in [1.29, 1.82) is 0 Å². The molecule has 0 bridgehead atoms. The normalized spacial score (nSPS) is 10.1. The van der Waals surface area contributed by atoms with E-state index in [4.69, 9.17) is 9.52 Å². The van der Waals surface area contributed by atoms with Crippen LogP contribution in [0, 0.1) is 11.8 Å². The average Bonchev–Trinajstić information content (AvgIpc) is 2.42. The highest BCUT2D eigenvalue weighted by atomic mass is 16.4. The third-order valence-corrected chi connectivity index (χ3v) is 2.70. The van der Waals surface area contributed by atoms with Gasteiger partial charge in [0.15, 0.2) is 0 Å². The minimum Gasteiger partial charge on any atom is -0.477 e. The van der Waals surface area contributed by atoms with Gasteiger partial charge in [-0.15, -0.1) is 0 Å². The highest BCUT2D eigenvalue weighted by molar-refractivity contribution is 5.91. The summed E-state index contributed by atoms with van der Waals surface area (Å²) >= 11 is 0. The predicted molar refractivity (Wildman–Crippen MR) is 74.9 cm³/mol. The number of aromatic carboxylic acids is 1. The molecule has 0 unspecified atom stereocenters. The molecule has 1 aromatic heterocycles. The van der Waals surface area contributed by atoms with E-state index >= 15 is 0 Å². The van der Waals surface area contributed by atoms with E-state index in [0.29, 0.717) is 11.0 Å². The Kier molecular flexibility index (Phi) is 4.18. The molecule has 0 saturated carbocycles. The van der Waals surface area contributed by atoms with Crippen molar-refractivity contribution in [1.82, 2.24) is 5.32 Å². The second kappa shape index (κ2) is 6.04. The third kappa shape index (κ3) is 3.05. The Hall–Kier alpha value is -2.58. The van der Waals surface area contributed by atoms with E-state index in [1.807, 2.05) is 7.05 Å². The number of fused-ring (bicyclic) bond motifs is 1. The van der Waals surface area contributed by atoms with Crippen LogP contribution in [0.4, 0.5) is 0 Å². The fraction of sp³-hybridized carbons (Fsp3) is 0.200. The van der Waals surface area contributed by atoms with Gasteiger partial charge in [-0.3, -0.25) is 0 Å². The van der Waals surface area contributed by atoms with Crippen LogP contribution < -0.4 is 10.9 Å². The standard InChI is InChI=1S/C15H13NO4/c1-16-7-3-2-4-10-5-6-13-11(8-10)9-12(14(17)18)15(19)20-13/h5-6,8-9,16H,3,7H2,1H3,(H,17,18). The van der Waals surface area contributed by atoms with Gasteiger partial charge >= 0.3 is 11.6 Å². The van der Waals surface area contributed by atoms with Crippen LogP contribution in [0.1, 0.15) is 22.3 Å². The topological polar surface area (TPSA) is 79.5 Å². The van der Waals surface area contributed by atoms with Gasteiger partial charge in [0.1, 0.15) is 11.1 Å². The Morgan fingerprint density at radius 2 is 2.20 bits per heavy atom. The number of benzene rings is 1. The fourth-order valence-corrected chi connectivity index (χ4v) is 1.70. The molecule has 0 fully saturated rings. The summed E-state index contributed by atoms with van der Waals surface area (Å²) in [4.78, 5) is 22.3. The van der Waals surface area contributed by atoms with Gasteiger partial charge in [-0.2, -0.15) is 0 Å². The Balaban J connectivity index is 2.42. The lowest BCUT2D eigenvalue weighted by Crippen LogP contribution is -2.12.